The predicted molar refractivity (Wildman–Crippen MR) is 266 cm³/mol. The molecule has 2 aliphatic carbocycles. The third-order valence-electron chi connectivity index (χ3n) is 14.3. The average Bonchev–Trinajstić information content (AvgIpc) is 3.95. The number of furan rings is 1. The molecule has 302 valence electrons. The summed E-state index contributed by atoms with van der Waals surface area (Å²) in [5.74, 6) is 0. The second-order valence-electron chi connectivity index (χ2n) is 18.0. The van der Waals surface area contributed by atoms with Crippen molar-refractivity contribution in [1.82, 2.24) is 0 Å². The number of fused-ring (bicyclic) bond motifs is 11. The van der Waals surface area contributed by atoms with Crippen molar-refractivity contribution in [3.05, 3.63) is 258 Å². The van der Waals surface area contributed by atoms with Gasteiger partial charge in [0.05, 0.1) is 11.1 Å². The van der Waals surface area contributed by atoms with E-state index in [2.05, 4.69) is 243 Å². The highest BCUT2D eigenvalue weighted by Gasteiger charge is 2.46. The average molecular weight is 818 g/mol. The Kier molecular flexibility index (Phi) is 7.90. The lowest BCUT2D eigenvalue weighted by molar-refractivity contribution is 0.660. The lowest BCUT2D eigenvalue weighted by atomic mass is 9.67. The van der Waals surface area contributed by atoms with Gasteiger partial charge in [0.1, 0.15) is 11.2 Å². The summed E-state index contributed by atoms with van der Waals surface area (Å²) in [6, 6.07) is 82.9. The highest BCUT2D eigenvalue weighted by atomic mass is 16.3. The zero-order chi connectivity index (χ0) is 42.6. The quantitative estimate of drug-likeness (QED) is 0.166. The fraction of sp³-hybridized carbons (Fsp3) is 0.0645. The summed E-state index contributed by atoms with van der Waals surface area (Å²) in [5.41, 5.74) is 19.4. The maximum atomic E-state index is 6.80. The summed E-state index contributed by atoms with van der Waals surface area (Å²) in [4.78, 5) is 2.52. The Balaban J connectivity index is 1.15. The summed E-state index contributed by atoms with van der Waals surface area (Å²) < 4.78 is 6.80. The molecule has 1 aromatic heterocycles. The minimum absolute atomic E-state index is 0.186. The van der Waals surface area contributed by atoms with Crippen molar-refractivity contribution in [2.75, 3.05) is 4.90 Å². The Morgan fingerprint density at radius 2 is 0.922 bits per heavy atom. The number of rotatable bonds is 6. The van der Waals surface area contributed by atoms with Crippen LogP contribution in [0.4, 0.5) is 17.1 Å². The number of benzene rings is 10. The van der Waals surface area contributed by atoms with Crippen LogP contribution in [-0.2, 0) is 10.8 Å². The smallest absolute Gasteiger partial charge is 0.136 e. The first-order chi connectivity index (χ1) is 31.5. The molecule has 0 aliphatic heterocycles. The van der Waals surface area contributed by atoms with E-state index in [4.69, 9.17) is 4.42 Å². The summed E-state index contributed by atoms with van der Waals surface area (Å²) in [6.45, 7) is 4.74. The van der Waals surface area contributed by atoms with Gasteiger partial charge in [-0.05, 0) is 114 Å². The van der Waals surface area contributed by atoms with E-state index in [1.54, 1.807) is 0 Å². The molecule has 0 fully saturated rings. The van der Waals surface area contributed by atoms with Crippen molar-refractivity contribution in [1.29, 1.82) is 0 Å². The van der Waals surface area contributed by atoms with E-state index in [1.165, 1.54) is 66.4 Å². The zero-order valence-electron chi connectivity index (χ0n) is 35.7. The largest absolute Gasteiger partial charge is 0.456 e. The normalized spacial score (nSPS) is 14.0. The van der Waals surface area contributed by atoms with E-state index < -0.39 is 5.41 Å². The van der Waals surface area contributed by atoms with Crippen LogP contribution >= 0.6 is 0 Å². The molecule has 1 heterocycles. The van der Waals surface area contributed by atoms with Gasteiger partial charge in [-0.1, -0.05) is 196 Å². The van der Waals surface area contributed by atoms with Crippen LogP contribution in [0.3, 0.4) is 0 Å². The molecule has 0 unspecified atom stereocenters. The molecule has 0 saturated heterocycles. The fourth-order valence-electron chi connectivity index (χ4n) is 11.4. The molecule has 0 N–H and O–H groups in total. The molecule has 10 aromatic carbocycles. The van der Waals surface area contributed by atoms with Gasteiger partial charge in [-0.15, -0.1) is 0 Å². The van der Waals surface area contributed by atoms with Gasteiger partial charge in [0.2, 0.25) is 0 Å². The minimum atomic E-state index is -0.552. The third-order valence-corrected chi connectivity index (χ3v) is 14.3. The maximum Gasteiger partial charge on any atom is 0.136 e. The molecule has 0 spiro atoms. The Hall–Kier alpha value is -7.94. The molecule has 13 rings (SSSR count). The van der Waals surface area contributed by atoms with E-state index >= 15 is 0 Å². The highest BCUT2D eigenvalue weighted by molar-refractivity contribution is 6.20. The second kappa shape index (κ2) is 13.8. The van der Waals surface area contributed by atoms with Crippen molar-refractivity contribution in [3.8, 4) is 33.4 Å². The molecule has 11 aromatic rings. The van der Waals surface area contributed by atoms with Crippen LogP contribution in [0.15, 0.2) is 229 Å². The van der Waals surface area contributed by atoms with E-state index in [0.29, 0.717) is 0 Å². The van der Waals surface area contributed by atoms with Gasteiger partial charge in [-0.2, -0.15) is 0 Å². The molecule has 2 aliphatic rings. The number of hydrogen-bond acceptors (Lipinski definition) is 2. The predicted octanol–water partition coefficient (Wildman–Crippen LogP) is 16.5. The van der Waals surface area contributed by atoms with Gasteiger partial charge in [-0.3, -0.25) is 0 Å². The molecule has 2 heteroatoms. The maximum absolute atomic E-state index is 6.80. The molecule has 0 amide bonds. The minimum Gasteiger partial charge on any atom is -0.456 e. The first-order valence-corrected chi connectivity index (χ1v) is 22.3. The van der Waals surface area contributed by atoms with Gasteiger partial charge in [0, 0.05) is 33.1 Å². The van der Waals surface area contributed by atoms with Gasteiger partial charge in [0.25, 0.3) is 0 Å². The van der Waals surface area contributed by atoms with Crippen LogP contribution < -0.4 is 4.90 Å². The molecular weight excluding hydrogens is 775 g/mol. The number of nitrogens with zero attached hydrogens (tertiary/aromatic N) is 1. The van der Waals surface area contributed by atoms with E-state index in [9.17, 15) is 0 Å². The van der Waals surface area contributed by atoms with Crippen molar-refractivity contribution >= 4 is 49.8 Å². The Labute approximate surface area is 373 Å². The lowest BCUT2D eigenvalue weighted by Gasteiger charge is -2.35. The molecule has 0 radical (unpaired) electrons. The van der Waals surface area contributed by atoms with Crippen molar-refractivity contribution in [2.45, 2.75) is 24.7 Å². The van der Waals surface area contributed by atoms with E-state index in [0.717, 1.165) is 50.1 Å². The van der Waals surface area contributed by atoms with Crippen LogP contribution in [-0.4, -0.2) is 0 Å². The summed E-state index contributed by atoms with van der Waals surface area (Å²) in [6.07, 6.45) is 0. The van der Waals surface area contributed by atoms with Crippen LogP contribution in [0.2, 0.25) is 0 Å². The van der Waals surface area contributed by atoms with Crippen molar-refractivity contribution in [3.63, 3.8) is 0 Å². The topological polar surface area (TPSA) is 16.4 Å². The first-order valence-electron chi connectivity index (χ1n) is 22.3. The van der Waals surface area contributed by atoms with Crippen LogP contribution in [0.5, 0.6) is 0 Å². The van der Waals surface area contributed by atoms with Crippen LogP contribution in [0.25, 0.3) is 66.1 Å². The lowest BCUT2D eigenvalue weighted by Crippen LogP contribution is -2.28. The van der Waals surface area contributed by atoms with Crippen molar-refractivity contribution < 1.29 is 4.42 Å². The SMILES string of the molecule is CC1(C)c2ccccc2-c2ccc(N(c3ccc4c(c3)C(c3ccccc3)(c3ccccc3)c3ccccc3-4)c3cc4c(cc3-c3ccccc3)oc3ccc5ccccc5c34)cc21. The highest BCUT2D eigenvalue weighted by Crippen LogP contribution is 2.58. The van der Waals surface area contributed by atoms with Gasteiger partial charge >= 0.3 is 0 Å². The summed E-state index contributed by atoms with van der Waals surface area (Å²) >= 11 is 0. The van der Waals surface area contributed by atoms with E-state index in [-0.39, 0.29) is 5.41 Å². The summed E-state index contributed by atoms with van der Waals surface area (Å²) in [7, 11) is 0. The molecule has 0 bridgehead atoms. The first kappa shape index (κ1) is 36.7. The number of hydrogen-bond donors (Lipinski definition) is 0. The molecule has 2 nitrogen and oxygen atoms in total. The van der Waals surface area contributed by atoms with Gasteiger partial charge < -0.3 is 9.32 Å². The molecule has 0 atom stereocenters. The number of anilines is 3. The van der Waals surface area contributed by atoms with Gasteiger partial charge in [-0.25, -0.2) is 0 Å². The third kappa shape index (κ3) is 5.14. The Bertz CT molecular complexity index is 3600. The van der Waals surface area contributed by atoms with Crippen LogP contribution in [0.1, 0.15) is 47.2 Å². The molecular formula is C62H43NO. The van der Waals surface area contributed by atoms with Crippen molar-refractivity contribution in [2.24, 2.45) is 0 Å². The Morgan fingerprint density at radius 3 is 1.62 bits per heavy atom. The van der Waals surface area contributed by atoms with E-state index in [1.807, 2.05) is 0 Å². The van der Waals surface area contributed by atoms with Crippen LogP contribution in [0, 0.1) is 0 Å². The fourth-order valence-corrected chi connectivity index (χ4v) is 11.4. The summed E-state index contributed by atoms with van der Waals surface area (Å²) in [5, 5.41) is 4.61. The molecule has 0 saturated carbocycles. The molecule has 64 heavy (non-hydrogen) atoms. The zero-order valence-corrected chi connectivity index (χ0v) is 35.7. The second-order valence-corrected chi connectivity index (χ2v) is 18.0. The Morgan fingerprint density at radius 1 is 0.375 bits per heavy atom. The standard InChI is InChI=1S/C62H43NO/c1-61(2)53-28-16-14-26-47(53)49-33-31-44(36-55(49)61)63(57-38-52-59(39-51(57)40-18-6-3-7-19-40)64-58-35-30-41-20-12-13-25-46(41)60(52)58)45-32-34-50-48-27-15-17-29-54(48)62(56(50)37-45,42-21-8-4-9-22-42)43-23-10-5-11-24-43/h3-39H,1-2H3. The monoisotopic (exact) mass is 817 g/mol. The van der Waals surface area contributed by atoms with Gasteiger partial charge in [0.15, 0.2) is 0 Å².